The zero-order chi connectivity index (χ0) is 13.5. The van der Waals surface area contributed by atoms with Crippen LogP contribution < -0.4 is 0 Å². The van der Waals surface area contributed by atoms with E-state index in [4.69, 9.17) is 9.66 Å². The zero-order valence-corrected chi connectivity index (χ0v) is 9.99. The molecular weight excluding hydrogens is 264 g/mol. The highest BCUT2D eigenvalue weighted by atomic mass is 32.2. The van der Waals surface area contributed by atoms with Crippen molar-refractivity contribution in [2.75, 3.05) is 6.61 Å². The molecule has 0 amide bonds. The van der Waals surface area contributed by atoms with Gasteiger partial charge in [0.15, 0.2) is 0 Å². The highest BCUT2D eigenvalue weighted by Crippen LogP contribution is 2.40. The van der Waals surface area contributed by atoms with E-state index in [2.05, 4.69) is 0 Å². The van der Waals surface area contributed by atoms with Crippen LogP contribution in [0.2, 0.25) is 0 Å². The molecule has 2 N–H and O–H groups in total. The molecule has 3 nitrogen and oxygen atoms in total. The van der Waals surface area contributed by atoms with Crippen molar-refractivity contribution in [2.45, 2.75) is 49.7 Å². The van der Waals surface area contributed by atoms with Gasteiger partial charge in [0.25, 0.3) is 0 Å². The average Bonchev–Trinajstić information content (AvgIpc) is 2.22. The first-order valence-corrected chi connectivity index (χ1v) is 6.34. The second kappa shape index (κ2) is 7.27. The highest BCUT2D eigenvalue weighted by Gasteiger charge is 2.60. The maximum absolute atomic E-state index is 12.9. The van der Waals surface area contributed by atoms with E-state index in [1.165, 1.54) is 0 Å². The van der Waals surface area contributed by atoms with Gasteiger partial charge in [-0.3, -0.25) is 0 Å². The first-order chi connectivity index (χ1) is 7.75. The summed E-state index contributed by atoms with van der Waals surface area (Å²) in [6.07, 6.45) is 0.808. The molecule has 0 rings (SSSR count). The molecule has 1 atom stereocenters. The van der Waals surface area contributed by atoms with E-state index < -0.39 is 28.7 Å². The third kappa shape index (κ3) is 5.31. The predicted octanol–water partition coefficient (Wildman–Crippen LogP) is 2.77. The summed E-state index contributed by atoms with van der Waals surface area (Å²) in [5, 5.41) is 3.53. The van der Waals surface area contributed by atoms with Gasteiger partial charge in [-0.1, -0.05) is 19.3 Å². The normalized spacial score (nSPS) is 14.9. The van der Waals surface area contributed by atoms with Crippen LogP contribution in [0.25, 0.3) is 0 Å². The summed E-state index contributed by atoms with van der Waals surface area (Å²) >= 11 is -3.87. The van der Waals surface area contributed by atoms with Crippen molar-refractivity contribution >= 4 is 11.1 Å². The Kier molecular flexibility index (Phi) is 7.18. The lowest BCUT2D eigenvalue weighted by atomic mass is 10.1. The number of unbranched alkanes of at least 4 members (excludes halogenated alkanes) is 4. The lowest BCUT2D eigenvalue weighted by Gasteiger charge is -2.23. The molecule has 0 saturated carbocycles. The van der Waals surface area contributed by atoms with Crippen LogP contribution in [0.1, 0.15) is 38.5 Å². The van der Waals surface area contributed by atoms with Crippen molar-refractivity contribution in [3.05, 3.63) is 0 Å². The van der Waals surface area contributed by atoms with E-state index in [-0.39, 0.29) is 13.0 Å². The predicted molar refractivity (Wildman–Crippen MR) is 55.5 cm³/mol. The topological polar surface area (TPSA) is 57.5 Å². The molecular formula is C9H16F4O3S. The molecule has 104 valence electrons. The summed E-state index contributed by atoms with van der Waals surface area (Å²) in [7, 11) is 0. The minimum Gasteiger partial charge on any atom is -0.396 e. The van der Waals surface area contributed by atoms with Gasteiger partial charge in [-0.05, 0) is 12.8 Å². The van der Waals surface area contributed by atoms with E-state index in [0.29, 0.717) is 25.7 Å². The van der Waals surface area contributed by atoms with Crippen LogP contribution in [-0.4, -0.2) is 31.7 Å². The van der Waals surface area contributed by atoms with E-state index in [0.717, 1.165) is 0 Å². The fourth-order valence-electron chi connectivity index (χ4n) is 1.26. The smallest absolute Gasteiger partial charge is 0.396 e. The van der Waals surface area contributed by atoms with E-state index in [9.17, 15) is 21.8 Å². The van der Waals surface area contributed by atoms with Gasteiger partial charge in [-0.15, -0.1) is 0 Å². The van der Waals surface area contributed by atoms with Gasteiger partial charge in [0, 0.05) is 13.0 Å². The highest BCUT2D eigenvalue weighted by molar-refractivity contribution is 7.80. The Morgan fingerprint density at radius 3 is 1.88 bits per heavy atom. The Bertz CT molecular complexity index is 248. The zero-order valence-electron chi connectivity index (χ0n) is 9.17. The summed E-state index contributed by atoms with van der Waals surface area (Å²) in [6.45, 7) is 0.0116. The first kappa shape index (κ1) is 16.8. The number of hydrogen-bond donors (Lipinski definition) is 2. The standard InChI is InChI=1S/C9H16F4O3S/c10-8(11,9(12,13)17(15)16)6-4-2-1-3-5-7-14/h14H,1-7H2,(H,15,16). The molecule has 0 radical (unpaired) electrons. The molecule has 0 aliphatic heterocycles. The van der Waals surface area contributed by atoms with Crippen molar-refractivity contribution in [2.24, 2.45) is 0 Å². The first-order valence-electron chi connectivity index (χ1n) is 5.23. The largest absolute Gasteiger partial charge is 0.406 e. The lowest BCUT2D eigenvalue weighted by molar-refractivity contribution is -0.161. The molecule has 0 bridgehead atoms. The third-order valence-electron chi connectivity index (χ3n) is 2.29. The third-order valence-corrected chi connectivity index (χ3v) is 3.03. The maximum Gasteiger partial charge on any atom is 0.406 e. The van der Waals surface area contributed by atoms with Crippen LogP contribution in [-0.2, 0) is 11.1 Å². The van der Waals surface area contributed by atoms with Gasteiger partial charge in [0.1, 0.15) is 0 Å². The lowest BCUT2D eigenvalue weighted by Crippen LogP contribution is -2.43. The van der Waals surface area contributed by atoms with Gasteiger partial charge in [0.2, 0.25) is 11.1 Å². The number of aliphatic hydroxyl groups excluding tert-OH is 1. The Hall–Kier alpha value is -0.210. The fraction of sp³-hybridized carbons (Fsp3) is 1.00. The molecule has 1 unspecified atom stereocenters. The van der Waals surface area contributed by atoms with Gasteiger partial charge in [-0.25, -0.2) is 4.21 Å². The minimum atomic E-state index is -4.90. The summed E-state index contributed by atoms with van der Waals surface area (Å²) in [5.41, 5.74) is 0. The number of rotatable bonds is 9. The van der Waals surface area contributed by atoms with Crippen LogP contribution in [0.15, 0.2) is 0 Å². The van der Waals surface area contributed by atoms with Crippen molar-refractivity contribution in [1.82, 2.24) is 0 Å². The summed E-state index contributed by atoms with van der Waals surface area (Å²) in [4.78, 5) is 0. The molecule has 0 aliphatic rings. The minimum absolute atomic E-state index is 0.0116. The molecule has 0 saturated heterocycles. The fourth-order valence-corrected chi connectivity index (χ4v) is 1.62. The average molecular weight is 280 g/mol. The molecule has 0 aromatic rings. The van der Waals surface area contributed by atoms with Gasteiger partial charge < -0.3 is 9.66 Å². The number of halogens is 4. The SMILES string of the molecule is O=S(O)C(F)(F)C(F)(F)CCCCCCCO. The Morgan fingerprint density at radius 2 is 1.41 bits per heavy atom. The number of hydrogen-bond acceptors (Lipinski definition) is 2. The van der Waals surface area contributed by atoms with E-state index in [1.54, 1.807) is 0 Å². The molecule has 0 spiro atoms. The van der Waals surface area contributed by atoms with Crippen molar-refractivity contribution in [3.8, 4) is 0 Å². The molecule has 0 aromatic heterocycles. The van der Waals surface area contributed by atoms with Gasteiger partial charge in [0.05, 0.1) is 0 Å². The second-order valence-corrected chi connectivity index (χ2v) is 4.72. The van der Waals surface area contributed by atoms with Gasteiger partial charge >= 0.3 is 11.2 Å². The Morgan fingerprint density at radius 1 is 0.941 bits per heavy atom. The van der Waals surface area contributed by atoms with Crippen LogP contribution in [0.5, 0.6) is 0 Å². The van der Waals surface area contributed by atoms with Crippen LogP contribution in [0.4, 0.5) is 17.6 Å². The van der Waals surface area contributed by atoms with Crippen molar-refractivity contribution in [1.29, 1.82) is 0 Å². The summed E-state index contributed by atoms with van der Waals surface area (Å²) in [5.74, 6) is -4.47. The quantitative estimate of drug-likeness (QED) is 0.388. The second-order valence-electron chi connectivity index (χ2n) is 3.71. The molecule has 8 heteroatoms. The van der Waals surface area contributed by atoms with Crippen molar-refractivity contribution < 1.29 is 31.4 Å². The summed E-state index contributed by atoms with van der Waals surface area (Å²) in [6, 6.07) is 0. The van der Waals surface area contributed by atoms with Crippen LogP contribution >= 0.6 is 0 Å². The van der Waals surface area contributed by atoms with Crippen LogP contribution in [0.3, 0.4) is 0 Å². The molecule has 0 aliphatic carbocycles. The van der Waals surface area contributed by atoms with Crippen LogP contribution in [0, 0.1) is 0 Å². The number of aliphatic hydroxyl groups is 1. The van der Waals surface area contributed by atoms with Gasteiger partial charge in [-0.2, -0.15) is 17.6 Å². The van der Waals surface area contributed by atoms with E-state index in [1.807, 2.05) is 0 Å². The molecule has 17 heavy (non-hydrogen) atoms. The summed E-state index contributed by atoms with van der Waals surface area (Å²) < 4.78 is 69.2. The number of alkyl halides is 4. The van der Waals surface area contributed by atoms with Crippen molar-refractivity contribution in [3.63, 3.8) is 0 Å². The Balaban J connectivity index is 3.98. The molecule has 0 fully saturated rings. The van der Waals surface area contributed by atoms with E-state index >= 15 is 0 Å². The molecule has 0 heterocycles. The Labute approximate surface area is 99.5 Å². The maximum atomic E-state index is 12.9. The monoisotopic (exact) mass is 280 g/mol. The molecule has 0 aromatic carbocycles.